The summed E-state index contributed by atoms with van der Waals surface area (Å²) in [7, 11) is 0. The molecule has 0 unspecified atom stereocenters. The number of carbonyl (C=O) groups is 1. The monoisotopic (exact) mass is 236 g/mol. The number of rotatable bonds is 1. The van der Waals surface area contributed by atoms with Gasteiger partial charge in [0, 0.05) is 0 Å². The third-order valence-electron chi connectivity index (χ3n) is 0.908. The molecule has 0 atom stereocenters. The number of primary amides is 1. The largest absolute Gasteiger partial charge is 0.411 e. The average Bonchev–Trinajstić information content (AvgIpc) is 2.10. The number of hydrogen-bond donors (Lipinski definition) is 1. The molecule has 60 valence electrons. The lowest BCUT2D eigenvalue weighted by Gasteiger charge is -1.90. The zero-order chi connectivity index (χ0) is 8.43. The molecule has 1 amide bonds. The maximum Gasteiger partial charge on any atom is 0.411 e. The van der Waals surface area contributed by atoms with E-state index in [1.165, 1.54) is 11.3 Å². The van der Waals surface area contributed by atoms with Gasteiger partial charge < -0.3 is 10.5 Å². The number of nitrogens with two attached hydrogens (primary N) is 1. The van der Waals surface area contributed by atoms with Gasteiger partial charge >= 0.3 is 6.09 Å². The second-order valence-corrected chi connectivity index (χ2v) is 4.04. The zero-order valence-corrected chi connectivity index (χ0v) is 8.03. The predicted octanol–water partition coefficient (Wildman–Crippen LogP) is 1.67. The summed E-state index contributed by atoms with van der Waals surface area (Å²) >= 11 is 4.46. The Morgan fingerprint density at radius 2 is 2.45 bits per heavy atom. The molecule has 6 heteroatoms. The van der Waals surface area contributed by atoms with Crippen molar-refractivity contribution < 1.29 is 9.53 Å². The molecule has 0 aromatic carbocycles. The van der Waals surface area contributed by atoms with Gasteiger partial charge in [0.2, 0.25) is 0 Å². The van der Waals surface area contributed by atoms with Gasteiger partial charge in [-0.15, -0.1) is 0 Å². The van der Waals surface area contributed by atoms with Crippen LogP contribution in [0, 0.1) is 6.92 Å². The van der Waals surface area contributed by atoms with Crippen molar-refractivity contribution in [3.05, 3.63) is 9.48 Å². The Morgan fingerprint density at radius 1 is 1.82 bits per heavy atom. The van der Waals surface area contributed by atoms with Crippen molar-refractivity contribution in [1.29, 1.82) is 0 Å². The van der Waals surface area contributed by atoms with Gasteiger partial charge in [-0.25, -0.2) is 9.78 Å². The van der Waals surface area contributed by atoms with Crippen LogP contribution in [0.15, 0.2) is 3.79 Å². The Labute approximate surface area is 75.5 Å². The highest BCUT2D eigenvalue weighted by Crippen LogP contribution is 2.29. The number of halogens is 1. The number of aryl methyl sites for hydroxylation is 1. The normalized spacial score (nSPS) is 9.64. The summed E-state index contributed by atoms with van der Waals surface area (Å²) in [5, 5.41) is 0.266. The summed E-state index contributed by atoms with van der Waals surface area (Å²) in [6, 6.07) is 0. The fraction of sp³-hybridized carbons (Fsp3) is 0.200. The lowest BCUT2D eigenvalue weighted by Crippen LogP contribution is -2.15. The molecule has 1 aromatic heterocycles. The van der Waals surface area contributed by atoms with Crippen LogP contribution in [0.4, 0.5) is 4.79 Å². The van der Waals surface area contributed by atoms with E-state index in [0.29, 0.717) is 0 Å². The van der Waals surface area contributed by atoms with Crippen LogP contribution in [-0.2, 0) is 0 Å². The van der Waals surface area contributed by atoms with E-state index < -0.39 is 6.09 Å². The second-order valence-electron chi connectivity index (χ2n) is 1.76. The molecule has 0 aliphatic heterocycles. The number of ether oxygens (including phenoxy) is 1. The quantitative estimate of drug-likeness (QED) is 0.807. The minimum Gasteiger partial charge on any atom is -0.381 e. The van der Waals surface area contributed by atoms with Gasteiger partial charge in [0.25, 0.3) is 5.19 Å². The topological polar surface area (TPSA) is 65.2 Å². The molecular weight excluding hydrogens is 232 g/mol. The highest BCUT2D eigenvalue weighted by molar-refractivity contribution is 9.11. The molecule has 0 saturated heterocycles. The van der Waals surface area contributed by atoms with E-state index in [1.807, 2.05) is 0 Å². The maximum atomic E-state index is 10.2. The summed E-state index contributed by atoms with van der Waals surface area (Å²) in [4.78, 5) is 14.1. The second kappa shape index (κ2) is 3.19. The van der Waals surface area contributed by atoms with Crippen molar-refractivity contribution >= 4 is 33.4 Å². The zero-order valence-electron chi connectivity index (χ0n) is 5.63. The van der Waals surface area contributed by atoms with E-state index in [1.54, 1.807) is 6.92 Å². The summed E-state index contributed by atoms with van der Waals surface area (Å²) < 4.78 is 5.37. The highest BCUT2D eigenvalue weighted by Gasteiger charge is 2.07. The van der Waals surface area contributed by atoms with E-state index in [0.717, 1.165) is 9.48 Å². The number of thiazole rings is 1. The molecule has 0 spiro atoms. The molecule has 4 nitrogen and oxygen atoms in total. The minimum atomic E-state index is -0.841. The standard InChI is InChI=1S/C5H5BrN2O2S/c1-2-3(6)11-5(8-2)10-4(7)9/h1H3,(H2,7,9). The average molecular weight is 237 g/mol. The number of nitrogens with zero attached hydrogens (tertiary/aromatic N) is 1. The first-order chi connectivity index (χ1) is 5.09. The van der Waals surface area contributed by atoms with Crippen molar-refractivity contribution in [3.63, 3.8) is 0 Å². The van der Waals surface area contributed by atoms with E-state index in [-0.39, 0.29) is 5.19 Å². The number of amides is 1. The van der Waals surface area contributed by atoms with E-state index in [4.69, 9.17) is 5.73 Å². The van der Waals surface area contributed by atoms with Crippen molar-refractivity contribution in [2.45, 2.75) is 6.92 Å². The van der Waals surface area contributed by atoms with Crippen LogP contribution in [0.25, 0.3) is 0 Å². The predicted molar refractivity (Wildman–Crippen MR) is 44.8 cm³/mol. The molecule has 0 aliphatic rings. The van der Waals surface area contributed by atoms with Crippen molar-refractivity contribution in [3.8, 4) is 5.19 Å². The van der Waals surface area contributed by atoms with Crippen molar-refractivity contribution in [1.82, 2.24) is 4.98 Å². The number of hydrogen-bond acceptors (Lipinski definition) is 4. The maximum absolute atomic E-state index is 10.2. The van der Waals surface area contributed by atoms with Gasteiger partial charge in [-0.05, 0) is 22.9 Å². The molecule has 0 radical (unpaired) electrons. The SMILES string of the molecule is Cc1nc(OC(N)=O)sc1Br. The summed E-state index contributed by atoms with van der Waals surface area (Å²) in [6.45, 7) is 1.80. The van der Waals surface area contributed by atoms with Gasteiger partial charge in [0.1, 0.15) is 0 Å². The first-order valence-corrected chi connectivity index (χ1v) is 4.30. The van der Waals surface area contributed by atoms with Crippen LogP contribution >= 0.6 is 27.3 Å². The molecular formula is C5H5BrN2O2S. The van der Waals surface area contributed by atoms with Crippen LogP contribution in [0.2, 0.25) is 0 Å². The third kappa shape index (κ3) is 2.16. The molecule has 0 bridgehead atoms. The molecule has 1 aromatic rings. The fourth-order valence-electron chi connectivity index (χ4n) is 0.484. The van der Waals surface area contributed by atoms with Crippen LogP contribution in [0.5, 0.6) is 5.19 Å². The Morgan fingerprint density at radius 3 is 2.82 bits per heavy atom. The molecule has 0 fully saturated rings. The first-order valence-electron chi connectivity index (χ1n) is 2.70. The van der Waals surface area contributed by atoms with Gasteiger partial charge in [0.15, 0.2) is 0 Å². The molecule has 2 N–H and O–H groups in total. The van der Waals surface area contributed by atoms with E-state index in [9.17, 15) is 4.79 Å². The Hall–Kier alpha value is -0.620. The molecule has 1 rings (SSSR count). The lowest BCUT2D eigenvalue weighted by atomic mass is 10.6. The highest BCUT2D eigenvalue weighted by atomic mass is 79.9. The van der Waals surface area contributed by atoms with Crippen LogP contribution in [-0.4, -0.2) is 11.1 Å². The minimum absolute atomic E-state index is 0.266. The first kappa shape index (κ1) is 8.48. The Bertz CT molecular complexity index is 267. The van der Waals surface area contributed by atoms with E-state index >= 15 is 0 Å². The summed E-state index contributed by atoms with van der Waals surface area (Å²) in [5.74, 6) is 0. The Balaban J connectivity index is 2.81. The van der Waals surface area contributed by atoms with Crippen molar-refractivity contribution in [2.24, 2.45) is 5.73 Å². The number of aromatic nitrogens is 1. The number of carbonyl (C=O) groups excluding carboxylic acids is 1. The molecule has 0 aliphatic carbocycles. The fourth-order valence-corrected chi connectivity index (χ4v) is 1.64. The third-order valence-corrected chi connectivity index (χ3v) is 2.79. The van der Waals surface area contributed by atoms with Crippen LogP contribution in [0.1, 0.15) is 5.69 Å². The van der Waals surface area contributed by atoms with E-state index in [2.05, 4.69) is 25.7 Å². The van der Waals surface area contributed by atoms with Crippen molar-refractivity contribution in [2.75, 3.05) is 0 Å². The van der Waals surface area contributed by atoms with Gasteiger partial charge in [-0.1, -0.05) is 11.3 Å². The van der Waals surface area contributed by atoms with Gasteiger partial charge in [-0.2, -0.15) is 0 Å². The lowest BCUT2D eigenvalue weighted by molar-refractivity contribution is 0.210. The smallest absolute Gasteiger partial charge is 0.381 e. The van der Waals surface area contributed by atoms with Crippen LogP contribution < -0.4 is 10.5 Å². The molecule has 0 saturated carbocycles. The molecule has 1 heterocycles. The summed E-state index contributed by atoms with van der Waals surface area (Å²) in [6.07, 6.45) is -0.841. The van der Waals surface area contributed by atoms with Crippen LogP contribution in [0.3, 0.4) is 0 Å². The molecule has 11 heavy (non-hydrogen) atoms. The van der Waals surface area contributed by atoms with Gasteiger partial charge in [0.05, 0.1) is 9.48 Å². The van der Waals surface area contributed by atoms with Gasteiger partial charge in [-0.3, -0.25) is 0 Å². The Kier molecular flexibility index (Phi) is 2.45. The summed E-state index contributed by atoms with van der Waals surface area (Å²) in [5.41, 5.74) is 5.56.